The molecule has 0 unspecified atom stereocenters. The topological polar surface area (TPSA) is 61.9 Å². The molecule has 0 saturated carbocycles. The maximum atomic E-state index is 14.5. The predicted octanol–water partition coefficient (Wildman–Crippen LogP) is 3.51. The minimum absolute atomic E-state index is 0.0339. The lowest BCUT2D eigenvalue weighted by Crippen LogP contribution is -2.53. The Morgan fingerprint density at radius 2 is 1.89 bits per heavy atom. The molecule has 5 rings (SSSR count). The Balaban J connectivity index is 1.16. The first kappa shape index (κ1) is 24.8. The van der Waals surface area contributed by atoms with E-state index >= 15 is 0 Å². The number of nitrogens with zero attached hydrogens (tertiary/aromatic N) is 2. The van der Waals surface area contributed by atoms with Gasteiger partial charge in [0.1, 0.15) is 11.6 Å². The number of halogens is 1. The monoisotopic (exact) mass is 493 g/mol. The molecule has 0 radical (unpaired) electrons. The van der Waals surface area contributed by atoms with Gasteiger partial charge in [0.15, 0.2) is 0 Å². The summed E-state index contributed by atoms with van der Waals surface area (Å²) in [7, 11) is 1.55. The van der Waals surface area contributed by atoms with Crippen LogP contribution in [-0.2, 0) is 28.9 Å². The smallest absolute Gasteiger partial charge is 0.222 e. The van der Waals surface area contributed by atoms with E-state index in [-0.39, 0.29) is 17.6 Å². The third kappa shape index (κ3) is 5.41. The number of rotatable bonds is 7. The molecule has 2 saturated heterocycles. The summed E-state index contributed by atoms with van der Waals surface area (Å²) < 4.78 is 19.8. The van der Waals surface area contributed by atoms with E-state index in [0.717, 1.165) is 39.0 Å². The van der Waals surface area contributed by atoms with E-state index in [2.05, 4.69) is 34.5 Å². The number of nitrogens with one attached hydrogen (secondary N) is 1. The first-order chi connectivity index (χ1) is 17.4. The molecule has 0 spiro atoms. The number of benzene rings is 2. The van der Waals surface area contributed by atoms with Gasteiger partial charge in [0.05, 0.1) is 7.11 Å². The molecule has 6 nitrogen and oxygen atoms in total. The van der Waals surface area contributed by atoms with Crippen molar-refractivity contribution < 1.29 is 18.7 Å². The number of carbonyl (C=O) groups is 2. The van der Waals surface area contributed by atoms with Crippen molar-refractivity contribution in [1.29, 1.82) is 0 Å². The maximum Gasteiger partial charge on any atom is 0.222 e. The second-order valence-electron chi connectivity index (χ2n) is 10.5. The first-order valence-corrected chi connectivity index (χ1v) is 13.2. The van der Waals surface area contributed by atoms with Crippen molar-refractivity contribution in [3.05, 3.63) is 65.0 Å². The average Bonchev–Trinajstić information content (AvgIpc) is 3.28. The molecule has 2 fully saturated rings. The molecule has 0 bridgehead atoms. The van der Waals surface area contributed by atoms with Gasteiger partial charge >= 0.3 is 0 Å². The summed E-state index contributed by atoms with van der Waals surface area (Å²) in [6.45, 7) is 3.27. The highest BCUT2D eigenvalue weighted by Gasteiger charge is 2.39. The maximum absolute atomic E-state index is 14.5. The van der Waals surface area contributed by atoms with Crippen LogP contribution in [0.2, 0.25) is 0 Å². The van der Waals surface area contributed by atoms with Gasteiger partial charge in [0.25, 0.3) is 0 Å². The second-order valence-corrected chi connectivity index (χ2v) is 10.5. The number of amides is 2. The van der Waals surface area contributed by atoms with Crippen molar-refractivity contribution in [2.24, 2.45) is 0 Å². The van der Waals surface area contributed by atoms with Gasteiger partial charge in [-0.25, -0.2) is 4.39 Å². The highest BCUT2D eigenvalue weighted by molar-refractivity contribution is 5.80. The molecular formula is C29H36FN3O3. The second kappa shape index (κ2) is 10.6. The zero-order valence-electron chi connectivity index (χ0n) is 21.1. The molecule has 2 aliphatic heterocycles. The van der Waals surface area contributed by atoms with E-state index in [1.165, 1.54) is 23.6 Å². The van der Waals surface area contributed by atoms with Crippen molar-refractivity contribution in [2.45, 2.75) is 62.9 Å². The summed E-state index contributed by atoms with van der Waals surface area (Å²) in [5, 5.41) is 3.07. The van der Waals surface area contributed by atoms with Crippen LogP contribution in [0.15, 0.2) is 42.5 Å². The molecule has 2 atom stereocenters. The summed E-state index contributed by atoms with van der Waals surface area (Å²) in [6, 6.07) is 14.0. The zero-order chi connectivity index (χ0) is 25.1. The van der Waals surface area contributed by atoms with Crippen molar-refractivity contribution in [2.75, 3.05) is 33.3 Å². The van der Waals surface area contributed by atoms with Crippen LogP contribution in [0.5, 0.6) is 5.75 Å². The van der Waals surface area contributed by atoms with E-state index in [1.54, 1.807) is 19.2 Å². The van der Waals surface area contributed by atoms with Crippen molar-refractivity contribution in [3.63, 3.8) is 0 Å². The molecule has 2 aromatic carbocycles. The number of hydrogen-bond donors (Lipinski definition) is 1. The Morgan fingerprint density at radius 1 is 1.11 bits per heavy atom. The zero-order valence-corrected chi connectivity index (χ0v) is 21.1. The van der Waals surface area contributed by atoms with E-state index in [9.17, 15) is 14.0 Å². The van der Waals surface area contributed by atoms with E-state index < -0.39 is 5.54 Å². The lowest BCUT2D eigenvalue weighted by Gasteiger charge is -2.41. The molecule has 1 N–H and O–H groups in total. The van der Waals surface area contributed by atoms with Gasteiger partial charge in [-0.3, -0.25) is 14.5 Å². The van der Waals surface area contributed by atoms with Crippen LogP contribution in [0, 0.1) is 5.82 Å². The highest BCUT2D eigenvalue weighted by Crippen LogP contribution is 2.32. The van der Waals surface area contributed by atoms with Crippen molar-refractivity contribution >= 4 is 11.8 Å². The van der Waals surface area contributed by atoms with Crippen LogP contribution in [0.1, 0.15) is 48.8 Å². The van der Waals surface area contributed by atoms with Crippen molar-refractivity contribution in [3.8, 4) is 5.75 Å². The van der Waals surface area contributed by atoms with Gasteiger partial charge in [-0.1, -0.05) is 24.3 Å². The Labute approximate surface area is 212 Å². The molecule has 36 heavy (non-hydrogen) atoms. The molecule has 0 aromatic heterocycles. The number of ether oxygens (including phenoxy) is 1. The fourth-order valence-corrected chi connectivity index (χ4v) is 6.19. The van der Waals surface area contributed by atoms with Gasteiger partial charge in [-0.2, -0.15) is 0 Å². The molecule has 3 aliphatic rings. The fraction of sp³-hybridized carbons (Fsp3) is 0.517. The van der Waals surface area contributed by atoms with E-state index in [0.29, 0.717) is 49.5 Å². The lowest BCUT2D eigenvalue weighted by atomic mass is 9.84. The van der Waals surface area contributed by atoms with Crippen LogP contribution in [0.4, 0.5) is 4.39 Å². The SMILES string of the molecule is COc1ccc(F)c(C[C@@]2(CCC(=O)N3CCN([C@H]4CCc5ccccc5C4)CC3)CCC(=O)N2)c1. The Hall–Kier alpha value is -2.93. The van der Waals surface area contributed by atoms with E-state index in [1.807, 2.05) is 4.90 Å². The molecular weight excluding hydrogens is 457 g/mol. The number of carbonyl (C=O) groups excluding carboxylic acids is 2. The van der Waals surface area contributed by atoms with E-state index in [4.69, 9.17) is 4.74 Å². The van der Waals surface area contributed by atoms with Crippen LogP contribution in [-0.4, -0.2) is 66.5 Å². The van der Waals surface area contributed by atoms with Crippen LogP contribution >= 0.6 is 0 Å². The minimum atomic E-state index is -0.600. The number of methoxy groups -OCH3 is 1. The van der Waals surface area contributed by atoms with Crippen LogP contribution < -0.4 is 10.1 Å². The van der Waals surface area contributed by atoms with Gasteiger partial charge in [-0.05, 0) is 73.4 Å². The number of piperazine rings is 1. The summed E-state index contributed by atoms with van der Waals surface area (Å²) >= 11 is 0. The number of aryl methyl sites for hydroxylation is 1. The molecule has 7 heteroatoms. The summed E-state index contributed by atoms with van der Waals surface area (Å²) in [4.78, 5) is 29.8. The average molecular weight is 494 g/mol. The van der Waals surface area contributed by atoms with Crippen LogP contribution in [0.3, 0.4) is 0 Å². The van der Waals surface area contributed by atoms with Gasteiger partial charge < -0.3 is 15.0 Å². The van der Waals surface area contributed by atoms with Gasteiger partial charge in [0, 0.05) is 50.6 Å². The summed E-state index contributed by atoms with van der Waals surface area (Å²) in [5.41, 5.74) is 2.84. The normalized spacial score (nSPS) is 24.3. The minimum Gasteiger partial charge on any atom is -0.497 e. The summed E-state index contributed by atoms with van der Waals surface area (Å²) in [6.07, 6.45) is 5.61. The predicted molar refractivity (Wildman–Crippen MR) is 136 cm³/mol. The highest BCUT2D eigenvalue weighted by atomic mass is 19.1. The lowest BCUT2D eigenvalue weighted by molar-refractivity contribution is -0.134. The number of hydrogen-bond acceptors (Lipinski definition) is 4. The molecule has 2 amide bonds. The quantitative estimate of drug-likeness (QED) is 0.641. The Bertz CT molecular complexity index is 1110. The molecule has 1 aliphatic carbocycles. The number of fused-ring (bicyclic) bond motifs is 1. The molecule has 192 valence electrons. The summed E-state index contributed by atoms with van der Waals surface area (Å²) in [5.74, 6) is 0.356. The largest absolute Gasteiger partial charge is 0.497 e. The van der Waals surface area contributed by atoms with Crippen LogP contribution in [0.25, 0.3) is 0 Å². The molecule has 2 aromatic rings. The third-order valence-electron chi connectivity index (χ3n) is 8.34. The Morgan fingerprint density at radius 3 is 2.61 bits per heavy atom. The molecule has 2 heterocycles. The van der Waals surface area contributed by atoms with Crippen molar-refractivity contribution in [1.82, 2.24) is 15.1 Å². The first-order valence-electron chi connectivity index (χ1n) is 13.2. The fourth-order valence-electron chi connectivity index (χ4n) is 6.19. The standard InChI is InChI=1S/C29H36FN3O3/c1-36-25-8-9-26(30)23(19-25)20-29(12-10-27(34)31-29)13-11-28(35)33-16-14-32(15-17-33)24-7-6-21-4-2-3-5-22(21)18-24/h2-5,8-9,19,24H,6-7,10-18,20H2,1H3,(H,31,34)/t24-,29-/m0/s1. The third-order valence-corrected chi connectivity index (χ3v) is 8.34. The van der Waals surface area contributed by atoms with Gasteiger partial charge in [0.2, 0.25) is 11.8 Å². The van der Waals surface area contributed by atoms with Gasteiger partial charge in [-0.15, -0.1) is 0 Å². The Kier molecular flexibility index (Phi) is 7.28.